The average Bonchev–Trinajstić information content (AvgIpc) is 2.25. The number of sulfonamides is 1. The van der Waals surface area contributed by atoms with Crippen molar-refractivity contribution in [1.82, 2.24) is 4.31 Å². The van der Waals surface area contributed by atoms with E-state index in [1.165, 1.54) is 4.31 Å². The molecule has 66 valence electrons. The molecule has 1 aliphatic heterocycles. The van der Waals surface area contributed by atoms with Crippen LogP contribution < -0.4 is 0 Å². The third-order valence-corrected chi connectivity index (χ3v) is 3.73. The van der Waals surface area contributed by atoms with Crippen LogP contribution in [-0.2, 0) is 10.0 Å². The molecule has 0 N–H and O–H groups in total. The molecule has 0 aromatic carbocycles. The van der Waals surface area contributed by atoms with E-state index >= 15 is 0 Å². The molecule has 0 amide bonds. The zero-order valence-electron chi connectivity index (χ0n) is 6.65. The predicted octanol–water partition coefficient (Wildman–Crippen LogP) is 0.0254. The van der Waals surface area contributed by atoms with Crippen molar-refractivity contribution < 1.29 is 8.42 Å². The summed E-state index contributed by atoms with van der Waals surface area (Å²) < 4.78 is 23.8. The zero-order valence-corrected chi connectivity index (χ0v) is 7.47. The van der Waals surface area contributed by atoms with Gasteiger partial charge in [0.2, 0.25) is 10.0 Å². The van der Waals surface area contributed by atoms with Gasteiger partial charge in [0, 0.05) is 6.54 Å². The maximum Gasteiger partial charge on any atom is 0.214 e. The Bertz CT molecular complexity index is 213. The summed E-state index contributed by atoms with van der Waals surface area (Å²) in [5.41, 5.74) is 0. The highest BCUT2D eigenvalue weighted by molar-refractivity contribution is 7.89. The molecule has 5 heteroatoms. The molecule has 1 rings (SSSR count). The standard InChI is InChI=1S/C6H13N2O2S/c1-7-3-5-8-4-2-6-11(8,9)10/h2-6H2,1H3/q-1. The van der Waals surface area contributed by atoms with Gasteiger partial charge in [-0.1, -0.05) is 0 Å². The Labute approximate surface area is 67.6 Å². The van der Waals surface area contributed by atoms with Crippen LogP contribution in [0.15, 0.2) is 0 Å². The lowest BCUT2D eigenvalue weighted by atomic mass is 10.5. The van der Waals surface area contributed by atoms with Crippen molar-refractivity contribution >= 4 is 10.0 Å². The monoisotopic (exact) mass is 177 g/mol. The first-order valence-corrected chi connectivity index (χ1v) is 5.31. The fraction of sp³-hybridized carbons (Fsp3) is 1.00. The molecule has 0 aromatic heterocycles. The Morgan fingerprint density at radius 1 is 1.55 bits per heavy atom. The molecule has 0 radical (unpaired) electrons. The van der Waals surface area contributed by atoms with Gasteiger partial charge in [0.1, 0.15) is 0 Å². The normalized spacial score (nSPS) is 24.1. The molecule has 0 saturated carbocycles. The van der Waals surface area contributed by atoms with E-state index in [4.69, 9.17) is 0 Å². The minimum atomic E-state index is -2.89. The van der Waals surface area contributed by atoms with Gasteiger partial charge in [0.15, 0.2) is 0 Å². The number of nitrogens with zero attached hydrogens (tertiary/aromatic N) is 2. The quantitative estimate of drug-likeness (QED) is 0.610. The molecule has 1 aliphatic rings. The number of likely N-dealkylation sites (N-methyl/N-ethyl adjacent to an activating group) is 1. The van der Waals surface area contributed by atoms with Crippen molar-refractivity contribution in [3.05, 3.63) is 5.32 Å². The van der Waals surface area contributed by atoms with Crippen molar-refractivity contribution in [2.75, 3.05) is 32.4 Å². The van der Waals surface area contributed by atoms with Crippen LogP contribution in [0.5, 0.6) is 0 Å². The summed E-state index contributed by atoms with van der Waals surface area (Å²) in [6, 6.07) is 0. The maximum absolute atomic E-state index is 11.2. The molecule has 1 heterocycles. The Morgan fingerprint density at radius 2 is 2.27 bits per heavy atom. The molecule has 0 aliphatic carbocycles. The molecule has 1 saturated heterocycles. The SMILES string of the molecule is C[N-]CCN1CCCS1(=O)=O. The smallest absolute Gasteiger partial charge is 0.214 e. The largest absolute Gasteiger partial charge is 0.664 e. The summed E-state index contributed by atoms with van der Waals surface area (Å²) in [4.78, 5) is 0. The summed E-state index contributed by atoms with van der Waals surface area (Å²) in [5, 5.41) is 3.86. The first-order chi connectivity index (χ1) is 5.17. The van der Waals surface area contributed by atoms with Crippen molar-refractivity contribution in [2.45, 2.75) is 6.42 Å². The van der Waals surface area contributed by atoms with E-state index in [1.807, 2.05) is 0 Å². The Morgan fingerprint density at radius 3 is 2.73 bits per heavy atom. The fourth-order valence-corrected chi connectivity index (χ4v) is 2.67. The number of rotatable bonds is 3. The first kappa shape index (κ1) is 8.96. The summed E-state index contributed by atoms with van der Waals surface area (Å²) in [5.74, 6) is 0.316. The number of hydrogen-bond acceptors (Lipinski definition) is 2. The second-order valence-electron chi connectivity index (χ2n) is 2.61. The number of hydrogen-bond donors (Lipinski definition) is 0. The molecule has 11 heavy (non-hydrogen) atoms. The molecular formula is C6H13N2O2S-. The van der Waals surface area contributed by atoms with Gasteiger partial charge in [-0.2, -0.15) is 7.05 Å². The zero-order chi connectivity index (χ0) is 8.32. The molecule has 1 fully saturated rings. The Hall–Kier alpha value is -0.130. The van der Waals surface area contributed by atoms with E-state index in [2.05, 4.69) is 5.32 Å². The molecular weight excluding hydrogens is 164 g/mol. The van der Waals surface area contributed by atoms with E-state index < -0.39 is 10.0 Å². The van der Waals surface area contributed by atoms with Crippen LogP contribution in [0.25, 0.3) is 5.32 Å². The van der Waals surface area contributed by atoms with Gasteiger partial charge in [-0.15, -0.1) is 6.54 Å². The van der Waals surface area contributed by atoms with Gasteiger partial charge in [0.25, 0.3) is 0 Å². The lowest BCUT2D eigenvalue weighted by Crippen LogP contribution is -2.28. The van der Waals surface area contributed by atoms with Crippen LogP contribution in [0, 0.1) is 0 Å². The van der Waals surface area contributed by atoms with Gasteiger partial charge in [0.05, 0.1) is 5.75 Å². The van der Waals surface area contributed by atoms with Crippen molar-refractivity contribution in [3.8, 4) is 0 Å². The fourth-order valence-electron chi connectivity index (χ4n) is 1.15. The van der Waals surface area contributed by atoms with Crippen LogP contribution in [0.4, 0.5) is 0 Å². The Balaban J connectivity index is 2.45. The van der Waals surface area contributed by atoms with E-state index in [1.54, 1.807) is 7.05 Å². The second kappa shape index (κ2) is 3.51. The van der Waals surface area contributed by atoms with Crippen molar-refractivity contribution in [3.63, 3.8) is 0 Å². The minimum Gasteiger partial charge on any atom is -0.664 e. The van der Waals surface area contributed by atoms with E-state index in [0.29, 0.717) is 25.4 Å². The Kier molecular flexibility index (Phi) is 2.86. The second-order valence-corrected chi connectivity index (χ2v) is 4.70. The van der Waals surface area contributed by atoms with Crippen molar-refractivity contribution in [2.24, 2.45) is 0 Å². The van der Waals surface area contributed by atoms with Crippen LogP contribution in [0.1, 0.15) is 6.42 Å². The van der Waals surface area contributed by atoms with E-state index in [9.17, 15) is 8.42 Å². The highest BCUT2D eigenvalue weighted by Gasteiger charge is 2.26. The third kappa shape index (κ3) is 2.15. The van der Waals surface area contributed by atoms with Gasteiger partial charge >= 0.3 is 0 Å². The predicted molar refractivity (Wildman–Crippen MR) is 44.1 cm³/mol. The van der Waals surface area contributed by atoms with Gasteiger partial charge in [-0.05, 0) is 13.0 Å². The molecule has 4 nitrogen and oxygen atoms in total. The molecule has 0 spiro atoms. The van der Waals surface area contributed by atoms with Gasteiger partial charge < -0.3 is 5.32 Å². The molecule has 0 atom stereocenters. The molecule has 0 aromatic rings. The summed E-state index contributed by atoms with van der Waals surface area (Å²) >= 11 is 0. The maximum atomic E-state index is 11.2. The molecule has 0 unspecified atom stereocenters. The lowest BCUT2D eigenvalue weighted by Gasteiger charge is -2.18. The van der Waals surface area contributed by atoms with Gasteiger partial charge in [-0.3, -0.25) is 0 Å². The van der Waals surface area contributed by atoms with Crippen LogP contribution in [-0.4, -0.2) is 45.2 Å². The summed E-state index contributed by atoms with van der Waals surface area (Å²) in [6.07, 6.45) is 0.770. The minimum absolute atomic E-state index is 0.316. The van der Waals surface area contributed by atoms with Crippen molar-refractivity contribution in [1.29, 1.82) is 0 Å². The third-order valence-electron chi connectivity index (χ3n) is 1.78. The lowest BCUT2D eigenvalue weighted by molar-refractivity contribution is 0.458. The van der Waals surface area contributed by atoms with E-state index in [-0.39, 0.29) is 0 Å². The summed E-state index contributed by atoms with van der Waals surface area (Å²) in [6.45, 7) is 1.84. The van der Waals surface area contributed by atoms with Crippen LogP contribution >= 0.6 is 0 Å². The van der Waals surface area contributed by atoms with E-state index in [0.717, 1.165) is 6.42 Å². The highest BCUT2D eigenvalue weighted by atomic mass is 32.2. The first-order valence-electron chi connectivity index (χ1n) is 3.70. The highest BCUT2D eigenvalue weighted by Crippen LogP contribution is 2.12. The van der Waals surface area contributed by atoms with Gasteiger partial charge in [-0.25, -0.2) is 12.7 Å². The summed E-state index contributed by atoms with van der Waals surface area (Å²) in [7, 11) is -1.19. The topological polar surface area (TPSA) is 51.5 Å². The van der Waals surface area contributed by atoms with Crippen LogP contribution in [0.2, 0.25) is 0 Å². The van der Waals surface area contributed by atoms with Crippen LogP contribution in [0.3, 0.4) is 0 Å². The average molecular weight is 177 g/mol. The molecule has 0 bridgehead atoms.